The molecule has 1 heterocycles. The van der Waals surface area contributed by atoms with Gasteiger partial charge in [-0.15, -0.1) is 0 Å². The van der Waals surface area contributed by atoms with E-state index in [-0.39, 0.29) is 11.3 Å². The number of esters is 1. The number of carbonyl (C=O) groups is 2. The van der Waals surface area contributed by atoms with Crippen LogP contribution >= 0.6 is 0 Å². The van der Waals surface area contributed by atoms with Gasteiger partial charge in [-0.3, -0.25) is 9.48 Å². The highest BCUT2D eigenvalue weighted by Crippen LogP contribution is 2.14. The molecule has 0 aliphatic rings. The molecule has 0 aliphatic carbocycles. The quantitative estimate of drug-likeness (QED) is 0.611. The number of aldehydes is 1. The summed E-state index contributed by atoms with van der Waals surface area (Å²) in [5, 5.41) is 4.05. The number of methoxy groups -OCH3 is 2. The number of carbonyl (C=O) groups excluding carboxylic acids is 2. The molecule has 0 N–H and O–H groups in total. The lowest BCUT2D eigenvalue weighted by molar-refractivity contribution is 0.0598. The molecule has 0 spiro atoms. The third-order valence-corrected chi connectivity index (χ3v) is 2.89. The van der Waals surface area contributed by atoms with Crippen molar-refractivity contribution in [1.82, 2.24) is 9.78 Å². The van der Waals surface area contributed by atoms with Gasteiger partial charge in [0.2, 0.25) is 0 Å². The van der Waals surface area contributed by atoms with Gasteiger partial charge >= 0.3 is 5.97 Å². The first kappa shape index (κ1) is 13.8. The summed E-state index contributed by atoms with van der Waals surface area (Å²) in [7, 11) is 2.85. The molecule has 2 aromatic rings. The van der Waals surface area contributed by atoms with E-state index in [1.54, 1.807) is 7.11 Å². The molecule has 104 valence electrons. The van der Waals surface area contributed by atoms with E-state index in [4.69, 9.17) is 4.74 Å². The second-order valence-electron chi connectivity index (χ2n) is 4.06. The number of hydrogen-bond acceptors (Lipinski definition) is 5. The van der Waals surface area contributed by atoms with Crippen LogP contribution in [0.1, 0.15) is 26.4 Å². The Balaban J connectivity index is 2.26. The lowest BCUT2D eigenvalue weighted by atomic mass is 10.2. The van der Waals surface area contributed by atoms with Crippen molar-refractivity contribution in [2.24, 2.45) is 0 Å². The average molecular weight is 274 g/mol. The molecule has 0 amide bonds. The molecule has 1 aromatic carbocycles. The Morgan fingerprint density at radius 3 is 2.55 bits per heavy atom. The minimum atomic E-state index is -0.576. The van der Waals surface area contributed by atoms with Crippen molar-refractivity contribution in [3.05, 3.63) is 47.3 Å². The Morgan fingerprint density at radius 1 is 1.30 bits per heavy atom. The molecule has 2 rings (SSSR count). The van der Waals surface area contributed by atoms with Gasteiger partial charge in [-0.05, 0) is 17.7 Å². The van der Waals surface area contributed by atoms with Crippen molar-refractivity contribution in [1.29, 1.82) is 0 Å². The van der Waals surface area contributed by atoms with Crippen molar-refractivity contribution in [2.75, 3.05) is 14.2 Å². The summed E-state index contributed by atoms with van der Waals surface area (Å²) < 4.78 is 11.1. The fraction of sp³-hybridized carbons (Fsp3) is 0.214. The topological polar surface area (TPSA) is 70.4 Å². The molecule has 6 heteroatoms. The lowest BCUT2D eigenvalue weighted by Crippen LogP contribution is -2.09. The lowest BCUT2D eigenvalue weighted by Gasteiger charge is -2.06. The molecule has 0 saturated carbocycles. The van der Waals surface area contributed by atoms with Gasteiger partial charge in [0, 0.05) is 0 Å². The van der Waals surface area contributed by atoms with Crippen molar-refractivity contribution in [3.8, 4) is 5.75 Å². The molecule has 1 aromatic heterocycles. The highest BCUT2D eigenvalue weighted by atomic mass is 16.5. The van der Waals surface area contributed by atoms with Gasteiger partial charge in [0.15, 0.2) is 6.29 Å². The highest BCUT2D eigenvalue weighted by Gasteiger charge is 2.17. The summed E-state index contributed by atoms with van der Waals surface area (Å²) in [4.78, 5) is 22.6. The molecule has 6 nitrogen and oxygen atoms in total. The molecule has 0 bridgehead atoms. The van der Waals surface area contributed by atoms with E-state index in [0.29, 0.717) is 12.8 Å². The number of nitrogens with zero attached hydrogens (tertiary/aromatic N) is 2. The Bertz CT molecular complexity index is 617. The van der Waals surface area contributed by atoms with E-state index in [1.807, 2.05) is 24.3 Å². The maximum absolute atomic E-state index is 11.5. The van der Waals surface area contributed by atoms with Crippen LogP contribution in [0.15, 0.2) is 30.5 Å². The van der Waals surface area contributed by atoms with Crippen LogP contribution in [-0.4, -0.2) is 36.3 Å². The largest absolute Gasteiger partial charge is 0.497 e. The second-order valence-corrected chi connectivity index (χ2v) is 4.06. The van der Waals surface area contributed by atoms with Crippen LogP contribution in [0.4, 0.5) is 0 Å². The molecule has 0 radical (unpaired) electrons. The molecule has 0 unspecified atom stereocenters. The zero-order chi connectivity index (χ0) is 14.5. The van der Waals surface area contributed by atoms with E-state index in [0.717, 1.165) is 11.3 Å². The normalized spacial score (nSPS) is 10.1. The third kappa shape index (κ3) is 2.69. The van der Waals surface area contributed by atoms with Gasteiger partial charge in [0.25, 0.3) is 0 Å². The Labute approximate surface area is 115 Å². The predicted octanol–water partition coefficient (Wildman–Crippen LogP) is 1.54. The zero-order valence-electron chi connectivity index (χ0n) is 11.2. The summed E-state index contributed by atoms with van der Waals surface area (Å²) in [6, 6.07) is 7.38. The first-order chi connectivity index (χ1) is 9.69. The van der Waals surface area contributed by atoms with Crippen LogP contribution in [0.3, 0.4) is 0 Å². The number of rotatable bonds is 5. The Kier molecular flexibility index (Phi) is 4.14. The van der Waals surface area contributed by atoms with Gasteiger partial charge < -0.3 is 9.47 Å². The molecule has 0 saturated heterocycles. The number of benzene rings is 1. The summed E-state index contributed by atoms with van der Waals surface area (Å²) in [6.45, 7) is 0.384. The third-order valence-electron chi connectivity index (χ3n) is 2.89. The predicted molar refractivity (Wildman–Crippen MR) is 71.1 cm³/mol. The van der Waals surface area contributed by atoms with Crippen LogP contribution in [-0.2, 0) is 11.3 Å². The van der Waals surface area contributed by atoms with E-state index < -0.39 is 5.97 Å². The Hall–Kier alpha value is -2.63. The maximum atomic E-state index is 11.5. The van der Waals surface area contributed by atoms with Crippen molar-refractivity contribution in [3.63, 3.8) is 0 Å². The van der Waals surface area contributed by atoms with Crippen molar-refractivity contribution < 1.29 is 19.1 Å². The number of aromatic nitrogens is 2. The van der Waals surface area contributed by atoms with Crippen LogP contribution in [0.25, 0.3) is 0 Å². The SMILES string of the molecule is COC(=O)c1cnn(Cc2ccc(OC)cc2)c1C=O. The number of ether oxygens (including phenoxy) is 2. The monoisotopic (exact) mass is 274 g/mol. The molecular weight excluding hydrogens is 260 g/mol. The fourth-order valence-electron chi connectivity index (χ4n) is 1.82. The molecule has 20 heavy (non-hydrogen) atoms. The summed E-state index contributed by atoms with van der Waals surface area (Å²) in [5.74, 6) is 0.174. The minimum Gasteiger partial charge on any atom is -0.497 e. The average Bonchev–Trinajstić information content (AvgIpc) is 2.89. The first-order valence-corrected chi connectivity index (χ1v) is 5.91. The van der Waals surface area contributed by atoms with E-state index in [1.165, 1.54) is 18.0 Å². The van der Waals surface area contributed by atoms with Gasteiger partial charge in [0.05, 0.1) is 27.0 Å². The van der Waals surface area contributed by atoms with Gasteiger partial charge in [0.1, 0.15) is 17.0 Å². The first-order valence-electron chi connectivity index (χ1n) is 5.91. The number of hydrogen-bond donors (Lipinski definition) is 0. The van der Waals surface area contributed by atoms with Crippen LogP contribution in [0, 0.1) is 0 Å². The minimum absolute atomic E-state index is 0.163. The van der Waals surface area contributed by atoms with E-state index in [2.05, 4.69) is 9.84 Å². The highest BCUT2D eigenvalue weighted by molar-refractivity contribution is 5.96. The van der Waals surface area contributed by atoms with Crippen molar-refractivity contribution >= 4 is 12.3 Å². The smallest absolute Gasteiger partial charge is 0.341 e. The van der Waals surface area contributed by atoms with Gasteiger partial charge in [-0.1, -0.05) is 12.1 Å². The summed E-state index contributed by atoms with van der Waals surface area (Å²) in [6.07, 6.45) is 1.93. The molecule has 0 fully saturated rings. The molecular formula is C14H14N2O4. The van der Waals surface area contributed by atoms with Crippen molar-refractivity contribution in [2.45, 2.75) is 6.54 Å². The molecule has 0 atom stereocenters. The van der Waals surface area contributed by atoms with E-state index >= 15 is 0 Å². The standard InChI is InChI=1S/C14H14N2O4/c1-19-11-5-3-10(4-6-11)8-16-13(9-17)12(7-15-16)14(18)20-2/h3-7,9H,8H2,1-2H3. The van der Waals surface area contributed by atoms with Crippen LogP contribution in [0.5, 0.6) is 5.75 Å². The maximum Gasteiger partial charge on any atom is 0.341 e. The summed E-state index contributed by atoms with van der Waals surface area (Å²) in [5.41, 5.74) is 1.30. The van der Waals surface area contributed by atoms with E-state index in [9.17, 15) is 9.59 Å². The second kappa shape index (κ2) is 6.01. The van der Waals surface area contributed by atoms with Gasteiger partial charge in [-0.2, -0.15) is 5.10 Å². The summed E-state index contributed by atoms with van der Waals surface area (Å²) >= 11 is 0. The van der Waals surface area contributed by atoms with Gasteiger partial charge in [-0.25, -0.2) is 4.79 Å². The van der Waals surface area contributed by atoms with Crippen LogP contribution < -0.4 is 4.74 Å². The Morgan fingerprint density at radius 2 is 2.00 bits per heavy atom. The van der Waals surface area contributed by atoms with Crippen LogP contribution in [0.2, 0.25) is 0 Å². The fourth-order valence-corrected chi connectivity index (χ4v) is 1.82. The zero-order valence-corrected chi connectivity index (χ0v) is 11.2. The molecule has 0 aliphatic heterocycles.